The van der Waals surface area contributed by atoms with Crippen LogP contribution in [0.2, 0.25) is 5.02 Å². The predicted octanol–water partition coefficient (Wildman–Crippen LogP) is 4.35. The Morgan fingerprint density at radius 1 is 1.14 bits per heavy atom. The van der Waals surface area contributed by atoms with Crippen LogP contribution in [0.4, 0.5) is 0 Å². The van der Waals surface area contributed by atoms with Crippen LogP contribution < -0.4 is 0 Å². The van der Waals surface area contributed by atoms with Gasteiger partial charge in [0, 0.05) is 34.8 Å². The molecule has 0 spiro atoms. The molecular formula is C10H7ClS2Zn. The fraction of sp³-hybridized carbons (Fsp3) is 0. The Hall–Kier alpha value is 0.183. The summed E-state index contributed by atoms with van der Waals surface area (Å²) in [6, 6.07) is 9.80. The van der Waals surface area contributed by atoms with Crippen molar-refractivity contribution in [3.63, 3.8) is 0 Å². The second-order valence-corrected chi connectivity index (χ2v) is 4.45. The number of thiophene rings is 1. The maximum absolute atomic E-state index is 6.08. The van der Waals surface area contributed by atoms with Gasteiger partial charge >= 0.3 is 0 Å². The summed E-state index contributed by atoms with van der Waals surface area (Å²) < 4.78 is 0. The fourth-order valence-corrected chi connectivity index (χ4v) is 2.78. The molecule has 0 saturated heterocycles. The predicted molar refractivity (Wildman–Crippen MR) is 62.0 cm³/mol. The van der Waals surface area contributed by atoms with Crippen LogP contribution >= 0.6 is 35.6 Å². The molecule has 0 fully saturated rings. The van der Waals surface area contributed by atoms with Crippen LogP contribution in [0.3, 0.4) is 0 Å². The molecule has 0 nitrogen and oxygen atoms in total. The summed E-state index contributed by atoms with van der Waals surface area (Å²) in [6.45, 7) is 0. The quantitative estimate of drug-likeness (QED) is 0.586. The summed E-state index contributed by atoms with van der Waals surface area (Å²) in [5, 5.41) is 2.79. The van der Waals surface area contributed by atoms with Crippen LogP contribution in [0.1, 0.15) is 0 Å². The third-order valence-electron chi connectivity index (χ3n) is 1.76. The van der Waals surface area contributed by atoms with E-state index in [9.17, 15) is 0 Å². The Balaban J connectivity index is 0.000000980. The van der Waals surface area contributed by atoms with Gasteiger partial charge in [0.25, 0.3) is 0 Å². The number of halogens is 1. The first-order valence-electron chi connectivity index (χ1n) is 3.80. The third-order valence-corrected chi connectivity index (χ3v) is 3.33. The molecule has 0 atom stereocenters. The van der Waals surface area contributed by atoms with E-state index in [0.29, 0.717) is 0 Å². The molecule has 1 heterocycles. The van der Waals surface area contributed by atoms with Crippen LogP contribution in [0.25, 0.3) is 10.4 Å². The van der Waals surface area contributed by atoms with Gasteiger partial charge in [0.2, 0.25) is 0 Å². The third kappa shape index (κ3) is 2.40. The minimum absolute atomic E-state index is 0. The molecule has 0 aliphatic carbocycles. The zero-order valence-corrected chi connectivity index (χ0v) is 12.8. The molecule has 68 valence electrons. The molecule has 4 heteroatoms. The van der Waals surface area contributed by atoms with E-state index in [1.165, 1.54) is 0 Å². The van der Waals surface area contributed by atoms with Gasteiger partial charge in [-0.15, -0.1) is 24.0 Å². The zero-order chi connectivity index (χ0) is 9.26. The molecule has 1 aromatic carbocycles. The molecule has 0 aliphatic heterocycles. The minimum Gasteiger partial charge on any atom is -0.144 e. The summed E-state index contributed by atoms with van der Waals surface area (Å²) in [4.78, 5) is 2.09. The smallest absolute Gasteiger partial charge is 0.0503 e. The van der Waals surface area contributed by atoms with E-state index in [-0.39, 0.29) is 19.5 Å². The molecule has 0 aliphatic rings. The van der Waals surface area contributed by atoms with E-state index in [1.54, 1.807) is 11.3 Å². The Labute approximate surface area is 110 Å². The standard InChI is InChI=1S/C10H7ClS2.Zn/c11-7-3-1-4-8(12)10(7)9-5-2-6-13-9;/h1-6,12H;. The van der Waals surface area contributed by atoms with Gasteiger partial charge in [-0.2, -0.15) is 0 Å². The average molecular weight is 292 g/mol. The van der Waals surface area contributed by atoms with Crippen molar-refractivity contribution < 1.29 is 19.5 Å². The average Bonchev–Trinajstić information content (AvgIpc) is 2.57. The second-order valence-electron chi connectivity index (χ2n) is 2.61. The zero-order valence-electron chi connectivity index (χ0n) is 7.40. The molecule has 0 bridgehead atoms. The monoisotopic (exact) mass is 290 g/mol. The summed E-state index contributed by atoms with van der Waals surface area (Å²) in [6.07, 6.45) is 0. The maximum Gasteiger partial charge on any atom is 0.0503 e. The van der Waals surface area contributed by atoms with Gasteiger partial charge in [-0.1, -0.05) is 23.7 Å². The van der Waals surface area contributed by atoms with Crippen LogP contribution in [-0.2, 0) is 19.5 Å². The molecular weight excluding hydrogens is 285 g/mol. The SMILES string of the molecule is Sc1cccc(Cl)c1-c1cccs1.[Zn]. The van der Waals surface area contributed by atoms with Gasteiger partial charge in [-0.25, -0.2) is 0 Å². The van der Waals surface area contributed by atoms with Crippen LogP contribution in [-0.4, -0.2) is 0 Å². The van der Waals surface area contributed by atoms with Crippen LogP contribution in [0.5, 0.6) is 0 Å². The van der Waals surface area contributed by atoms with Crippen molar-refractivity contribution >= 4 is 35.6 Å². The van der Waals surface area contributed by atoms with Gasteiger partial charge in [0.1, 0.15) is 0 Å². The summed E-state index contributed by atoms with van der Waals surface area (Å²) >= 11 is 12.1. The van der Waals surface area contributed by atoms with Crippen LogP contribution in [0, 0.1) is 0 Å². The van der Waals surface area contributed by atoms with E-state index in [1.807, 2.05) is 35.7 Å². The molecule has 0 N–H and O–H groups in total. The van der Waals surface area contributed by atoms with Crippen molar-refractivity contribution in [2.45, 2.75) is 4.90 Å². The molecule has 2 rings (SSSR count). The topological polar surface area (TPSA) is 0 Å². The van der Waals surface area contributed by atoms with Crippen molar-refractivity contribution in [2.75, 3.05) is 0 Å². The number of hydrogen-bond donors (Lipinski definition) is 1. The van der Waals surface area contributed by atoms with E-state index < -0.39 is 0 Å². The van der Waals surface area contributed by atoms with Gasteiger partial charge in [0.15, 0.2) is 0 Å². The van der Waals surface area contributed by atoms with Crippen LogP contribution in [0.15, 0.2) is 40.6 Å². The van der Waals surface area contributed by atoms with Crippen molar-refractivity contribution in [2.24, 2.45) is 0 Å². The molecule has 0 amide bonds. The first-order chi connectivity index (χ1) is 6.29. The number of hydrogen-bond acceptors (Lipinski definition) is 2. The molecule has 2 aromatic rings. The van der Waals surface area contributed by atoms with E-state index >= 15 is 0 Å². The van der Waals surface area contributed by atoms with Gasteiger partial charge < -0.3 is 0 Å². The molecule has 0 radical (unpaired) electrons. The Kier molecular flexibility index (Phi) is 4.65. The van der Waals surface area contributed by atoms with E-state index in [4.69, 9.17) is 11.6 Å². The molecule has 14 heavy (non-hydrogen) atoms. The van der Waals surface area contributed by atoms with E-state index in [2.05, 4.69) is 12.6 Å². The summed E-state index contributed by atoms with van der Waals surface area (Å²) in [5.41, 5.74) is 1.03. The summed E-state index contributed by atoms with van der Waals surface area (Å²) in [5.74, 6) is 0. The van der Waals surface area contributed by atoms with Gasteiger partial charge in [0.05, 0.1) is 5.02 Å². The minimum atomic E-state index is 0. The van der Waals surface area contributed by atoms with Crippen molar-refractivity contribution in [3.8, 4) is 10.4 Å². The fourth-order valence-electron chi connectivity index (χ4n) is 1.18. The Morgan fingerprint density at radius 3 is 2.50 bits per heavy atom. The van der Waals surface area contributed by atoms with Gasteiger partial charge in [-0.3, -0.25) is 0 Å². The molecule has 1 aromatic heterocycles. The Bertz CT molecular complexity index is 392. The number of rotatable bonds is 1. The number of benzene rings is 1. The normalized spacial score (nSPS) is 9.57. The Morgan fingerprint density at radius 2 is 1.93 bits per heavy atom. The van der Waals surface area contributed by atoms with Crippen molar-refractivity contribution in [3.05, 3.63) is 40.7 Å². The van der Waals surface area contributed by atoms with Crippen molar-refractivity contribution in [1.29, 1.82) is 0 Å². The first-order valence-corrected chi connectivity index (χ1v) is 5.51. The van der Waals surface area contributed by atoms with E-state index in [0.717, 1.165) is 20.4 Å². The summed E-state index contributed by atoms with van der Waals surface area (Å²) in [7, 11) is 0. The van der Waals surface area contributed by atoms with Gasteiger partial charge in [-0.05, 0) is 23.6 Å². The maximum atomic E-state index is 6.08. The first kappa shape index (κ1) is 12.3. The largest absolute Gasteiger partial charge is 0.144 e. The second kappa shape index (κ2) is 5.32. The number of thiol groups is 1. The van der Waals surface area contributed by atoms with Crippen molar-refractivity contribution in [1.82, 2.24) is 0 Å². The molecule has 0 unspecified atom stereocenters. The molecule has 0 saturated carbocycles.